The number of likely N-dealkylation sites (tertiary alicyclic amines) is 1. The zero-order valence-electron chi connectivity index (χ0n) is 16.5. The van der Waals surface area contributed by atoms with Crippen molar-refractivity contribution in [3.63, 3.8) is 0 Å². The lowest BCUT2D eigenvalue weighted by molar-refractivity contribution is -0.132. The molecule has 0 spiro atoms. The van der Waals surface area contributed by atoms with Crippen LogP contribution in [0.2, 0.25) is 0 Å². The van der Waals surface area contributed by atoms with E-state index in [2.05, 4.69) is 6.07 Å². The molecule has 0 radical (unpaired) electrons. The quantitative estimate of drug-likeness (QED) is 0.527. The number of fused-ring (bicyclic) bond motifs is 1. The van der Waals surface area contributed by atoms with E-state index < -0.39 is 15.7 Å². The molecule has 1 aliphatic rings. The molecule has 0 aliphatic carbocycles. The minimum atomic E-state index is -3.51. The Morgan fingerprint density at radius 1 is 1.10 bits per heavy atom. The number of thiazole rings is 1. The van der Waals surface area contributed by atoms with E-state index in [1.165, 1.54) is 16.8 Å². The molecule has 5 nitrogen and oxygen atoms in total. The summed E-state index contributed by atoms with van der Waals surface area (Å²) in [6.45, 7) is 1.34. The highest BCUT2D eigenvalue weighted by Crippen LogP contribution is 2.34. The van der Waals surface area contributed by atoms with E-state index in [4.69, 9.17) is 4.98 Å². The molecule has 1 saturated heterocycles. The van der Waals surface area contributed by atoms with Gasteiger partial charge in [-0.1, -0.05) is 12.1 Å². The number of hydrogen-bond donors (Lipinski definition) is 0. The fraction of sp³-hybridized carbons (Fsp3) is 0.364. The molecule has 0 bridgehead atoms. The number of aromatic nitrogens is 1. The number of piperidine rings is 1. The average molecular weight is 447 g/mol. The van der Waals surface area contributed by atoms with Gasteiger partial charge in [0.1, 0.15) is 5.82 Å². The minimum absolute atomic E-state index is 0.00736. The zero-order valence-corrected chi connectivity index (χ0v) is 18.1. The molecule has 0 unspecified atom stereocenters. The molecule has 1 fully saturated rings. The Morgan fingerprint density at radius 2 is 1.80 bits per heavy atom. The lowest BCUT2D eigenvalue weighted by Crippen LogP contribution is -2.37. The first-order valence-electron chi connectivity index (χ1n) is 10.0. The fourth-order valence-electron chi connectivity index (χ4n) is 3.77. The van der Waals surface area contributed by atoms with Gasteiger partial charge in [0.2, 0.25) is 5.91 Å². The zero-order chi connectivity index (χ0) is 21.1. The molecule has 3 aromatic rings. The number of carbonyl (C=O) groups excluding carboxylic acids is 1. The van der Waals surface area contributed by atoms with Crippen LogP contribution in [0.1, 0.15) is 36.6 Å². The van der Waals surface area contributed by atoms with Crippen molar-refractivity contribution < 1.29 is 17.6 Å². The van der Waals surface area contributed by atoms with E-state index in [1.807, 2.05) is 23.1 Å². The lowest BCUT2D eigenvalue weighted by Gasteiger charge is -2.31. The van der Waals surface area contributed by atoms with Gasteiger partial charge < -0.3 is 4.90 Å². The molecule has 1 amide bonds. The number of amides is 1. The smallest absolute Gasteiger partial charge is 0.222 e. The van der Waals surface area contributed by atoms with Gasteiger partial charge in [-0.05, 0) is 55.7 Å². The summed E-state index contributed by atoms with van der Waals surface area (Å²) in [7, 11) is -3.51. The molecule has 4 rings (SSSR count). The maximum absolute atomic E-state index is 13.0. The maximum Gasteiger partial charge on any atom is 0.222 e. The highest BCUT2D eigenvalue weighted by molar-refractivity contribution is 7.91. The molecule has 1 aliphatic heterocycles. The van der Waals surface area contributed by atoms with Gasteiger partial charge in [0, 0.05) is 25.4 Å². The molecule has 1 aromatic heterocycles. The Hall–Kier alpha value is -2.32. The van der Waals surface area contributed by atoms with Crippen molar-refractivity contribution in [2.45, 2.75) is 36.5 Å². The molecule has 0 N–H and O–H groups in total. The molecule has 0 atom stereocenters. The van der Waals surface area contributed by atoms with Crippen LogP contribution in [0.15, 0.2) is 53.4 Å². The Labute approximate surface area is 179 Å². The van der Waals surface area contributed by atoms with Crippen LogP contribution in [0.3, 0.4) is 0 Å². The fourth-order valence-corrected chi connectivity index (χ4v) is 6.22. The molecule has 2 heterocycles. The summed E-state index contributed by atoms with van der Waals surface area (Å²) < 4.78 is 38.8. The van der Waals surface area contributed by atoms with Gasteiger partial charge in [-0.3, -0.25) is 4.79 Å². The van der Waals surface area contributed by atoms with Gasteiger partial charge >= 0.3 is 0 Å². The van der Waals surface area contributed by atoms with Crippen molar-refractivity contribution in [3.05, 3.63) is 59.4 Å². The molecule has 0 saturated carbocycles. The predicted octanol–water partition coefficient (Wildman–Crippen LogP) is 4.40. The third-order valence-corrected chi connectivity index (χ3v) is 8.50. The van der Waals surface area contributed by atoms with Crippen LogP contribution in [0.25, 0.3) is 10.2 Å². The standard InChI is InChI=1S/C22H23FN2O3S2/c23-17-7-9-18(10-8-17)30(27,28)15-3-6-21(26)25-13-11-16(12-14-25)22-24-19-4-1-2-5-20(19)29-22/h1-2,4-5,7-10,16H,3,6,11-15H2. The van der Waals surface area contributed by atoms with E-state index in [0.29, 0.717) is 19.0 Å². The summed E-state index contributed by atoms with van der Waals surface area (Å²) in [5, 5.41) is 1.13. The van der Waals surface area contributed by atoms with Crippen molar-refractivity contribution in [2.75, 3.05) is 18.8 Å². The Morgan fingerprint density at radius 3 is 2.50 bits per heavy atom. The molecule has 158 valence electrons. The predicted molar refractivity (Wildman–Crippen MR) is 116 cm³/mol. The van der Waals surface area contributed by atoms with Gasteiger partial charge in [0.15, 0.2) is 9.84 Å². The average Bonchev–Trinajstić information content (AvgIpc) is 3.18. The van der Waals surface area contributed by atoms with Crippen molar-refractivity contribution in [3.8, 4) is 0 Å². The van der Waals surface area contributed by atoms with Crippen LogP contribution in [0, 0.1) is 5.82 Å². The summed E-state index contributed by atoms with van der Waals surface area (Å²) in [6, 6.07) is 12.9. The van der Waals surface area contributed by atoms with Crippen molar-refractivity contribution in [2.24, 2.45) is 0 Å². The number of nitrogens with zero attached hydrogens (tertiary/aromatic N) is 2. The lowest BCUT2D eigenvalue weighted by atomic mass is 9.97. The van der Waals surface area contributed by atoms with E-state index in [0.717, 1.165) is 35.5 Å². The number of carbonyl (C=O) groups is 1. The summed E-state index contributed by atoms with van der Waals surface area (Å²) in [4.78, 5) is 19.2. The van der Waals surface area contributed by atoms with Gasteiger partial charge in [-0.15, -0.1) is 11.3 Å². The highest BCUT2D eigenvalue weighted by atomic mass is 32.2. The Balaban J connectivity index is 1.26. The van der Waals surface area contributed by atoms with Crippen molar-refractivity contribution in [1.82, 2.24) is 9.88 Å². The summed E-state index contributed by atoms with van der Waals surface area (Å²) in [5.74, 6) is -0.234. The minimum Gasteiger partial charge on any atom is -0.343 e. The van der Waals surface area contributed by atoms with Crippen LogP contribution in [0.4, 0.5) is 4.39 Å². The van der Waals surface area contributed by atoms with E-state index in [1.54, 1.807) is 11.3 Å². The Kier molecular flexibility index (Phi) is 6.15. The van der Waals surface area contributed by atoms with Crippen LogP contribution in [-0.2, 0) is 14.6 Å². The third-order valence-electron chi connectivity index (χ3n) is 5.48. The van der Waals surface area contributed by atoms with E-state index >= 15 is 0 Å². The molecular formula is C22H23FN2O3S2. The SMILES string of the molecule is O=C(CCCS(=O)(=O)c1ccc(F)cc1)N1CCC(c2nc3ccccc3s2)CC1. The number of halogens is 1. The maximum atomic E-state index is 13.0. The summed E-state index contributed by atoms with van der Waals surface area (Å²) in [5.41, 5.74) is 1.03. The molecule has 2 aromatic carbocycles. The molecule has 30 heavy (non-hydrogen) atoms. The second-order valence-electron chi connectivity index (χ2n) is 7.55. The first kappa shape index (κ1) is 20.9. The van der Waals surface area contributed by atoms with Gasteiger partial charge in [-0.2, -0.15) is 0 Å². The van der Waals surface area contributed by atoms with Crippen molar-refractivity contribution >= 4 is 37.3 Å². The van der Waals surface area contributed by atoms with Gasteiger partial charge in [0.05, 0.1) is 25.9 Å². The van der Waals surface area contributed by atoms with Crippen LogP contribution in [0.5, 0.6) is 0 Å². The molecule has 8 heteroatoms. The number of rotatable bonds is 6. The van der Waals surface area contributed by atoms with Gasteiger partial charge in [0.25, 0.3) is 0 Å². The second kappa shape index (κ2) is 8.81. The monoisotopic (exact) mass is 446 g/mol. The topological polar surface area (TPSA) is 67.3 Å². The van der Waals surface area contributed by atoms with Crippen LogP contribution < -0.4 is 0 Å². The first-order valence-corrected chi connectivity index (χ1v) is 12.5. The number of sulfone groups is 1. The van der Waals surface area contributed by atoms with E-state index in [9.17, 15) is 17.6 Å². The summed E-state index contributed by atoms with van der Waals surface area (Å²) >= 11 is 1.72. The van der Waals surface area contributed by atoms with E-state index in [-0.39, 0.29) is 29.4 Å². The largest absolute Gasteiger partial charge is 0.343 e. The molecular weight excluding hydrogens is 423 g/mol. The number of benzene rings is 2. The Bertz CT molecular complexity index is 1100. The van der Waals surface area contributed by atoms with Gasteiger partial charge in [-0.25, -0.2) is 17.8 Å². The first-order chi connectivity index (χ1) is 14.4. The number of hydrogen-bond acceptors (Lipinski definition) is 5. The van der Waals surface area contributed by atoms with Crippen LogP contribution in [-0.4, -0.2) is 43.1 Å². The van der Waals surface area contributed by atoms with Crippen LogP contribution >= 0.6 is 11.3 Å². The third kappa shape index (κ3) is 4.70. The number of para-hydroxylation sites is 1. The van der Waals surface area contributed by atoms with Crippen molar-refractivity contribution in [1.29, 1.82) is 0 Å². The normalized spacial score (nSPS) is 15.6. The second-order valence-corrected chi connectivity index (χ2v) is 10.7. The summed E-state index contributed by atoms with van der Waals surface area (Å²) in [6.07, 6.45) is 2.21. The highest BCUT2D eigenvalue weighted by Gasteiger charge is 2.26.